The quantitative estimate of drug-likeness (QED) is 0.436. The highest BCUT2D eigenvalue weighted by Gasteiger charge is 2.36. The number of para-hydroxylation sites is 1. The summed E-state index contributed by atoms with van der Waals surface area (Å²) in [5.74, 6) is -0.480. The fourth-order valence-electron chi connectivity index (χ4n) is 3.55. The van der Waals surface area contributed by atoms with E-state index >= 15 is 0 Å². The number of fused-ring (bicyclic) bond motifs is 1. The molecule has 1 N–H and O–H groups in total. The molecular weight excluding hydrogens is 426 g/mol. The highest BCUT2D eigenvalue weighted by Crippen LogP contribution is 2.37. The summed E-state index contributed by atoms with van der Waals surface area (Å²) in [6.45, 7) is 2.97. The number of carbonyl (C=O) groups excluding carboxylic acids is 3. The Balaban J connectivity index is 1.62. The third-order valence-electron chi connectivity index (χ3n) is 5.13. The van der Waals surface area contributed by atoms with Crippen molar-refractivity contribution in [3.63, 3.8) is 0 Å². The summed E-state index contributed by atoms with van der Waals surface area (Å²) in [5.41, 5.74) is 3.25. The Bertz CT molecular complexity index is 1210. The van der Waals surface area contributed by atoms with Crippen LogP contribution in [0, 0.1) is 6.92 Å². The second kappa shape index (κ2) is 9.42. The van der Waals surface area contributed by atoms with E-state index in [4.69, 9.17) is 4.74 Å². The summed E-state index contributed by atoms with van der Waals surface area (Å²) in [5, 5.41) is 3.38. The maximum Gasteiger partial charge on any atom is 0.298 e. The van der Waals surface area contributed by atoms with E-state index in [0.717, 1.165) is 33.8 Å². The lowest BCUT2D eigenvalue weighted by atomic mass is 10.1. The molecule has 164 valence electrons. The molecule has 0 atom stereocenters. The van der Waals surface area contributed by atoms with Crippen LogP contribution in [0.15, 0.2) is 59.6 Å². The first-order chi connectivity index (χ1) is 15.5. The predicted octanol–water partition coefficient (Wildman–Crippen LogP) is 3.95. The van der Waals surface area contributed by atoms with E-state index in [2.05, 4.69) is 5.32 Å². The number of rotatable bonds is 7. The number of carbonyl (C=O) groups is 3. The van der Waals surface area contributed by atoms with Crippen molar-refractivity contribution in [2.24, 2.45) is 0 Å². The van der Waals surface area contributed by atoms with E-state index in [0.29, 0.717) is 23.7 Å². The maximum absolute atomic E-state index is 13.0. The molecule has 3 amide bonds. The number of ether oxygens (including phenoxy) is 1. The Morgan fingerprint density at radius 3 is 2.62 bits per heavy atom. The molecule has 32 heavy (non-hydrogen) atoms. The number of benzene rings is 2. The van der Waals surface area contributed by atoms with Gasteiger partial charge in [0.15, 0.2) is 0 Å². The van der Waals surface area contributed by atoms with Gasteiger partial charge in [-0.15, -0.1) is 0 Å². The van der Waals surface area contributed by atoms with Gasteiger partial charge in [0.25, 0.3) is 11.1 Å². The number of nitrogens with one attached hydrogen (secondary N) is 1. The van der Waals surface area contributed by atoms with Crippen LogP contribution in [-0.4, -0.2) is 41.9 Å². The van der Waals surface area contributed by atoms with Gasteiger partial charge in [-0.25, -0.2) is 4.90 Å². The average Bonchev–Trinajstić information content (AvgIpc) is 3.26. The van der Waals surface area contributed by atoms with Crippen molar-refractivity contribution in [3.8, 4) is 0 Å². The zero-order chi connectivity index (χ0) is 22.7. The summed E-state index contributed by atoms with van der Waals surface area (Å²) >= 11 is 0.917. The molecule has 0 saturated carbocycles. The molecule has 2 heterocycles. The standard InChI is InChI=1S/C24H23N3O4S/c1-16-7-9-18(10-8-16)27-23(29)21(32-24(27)30)13-17-14-26(15-22(28)25-11-12-31-2)20-6-4-3-5-19(17)20/h3-10,13-14H,11-12,15H2,1-2H3,(H,25,28)/b21-13-. The number of hydrogen-bond donors (Lipinski definition) is 1. The third-order valence-corrected chi connectivity index (χ3v) is 6.00. The summed E-state index contributed by atoms with van der Waals surface area (Å²) in [4.78, 5) is 39.4. The lowest BCUT2D eigenvalue weighted by Gasteiger charge is -2.12. The molecular formula is C24H23N3O4S. The number of anilines is 1. The van der Waals surface area contributed by atoms with Gasteiger partial charge in [0.2, 0.25) is 5.91 Å². The highest BCUT2D eigenvalue weighted by molar-refractivity contribution is 8.19. The molecule has 0 aliphatic carbocycles. The molecule has 0 unspecified atom stereocenters. The fourth-order valence-corrected chi connectivity index (χ4v) is 4.38. The first-order valence-corrected chi connectivity index (χ1v) is 11.0. The number of aromatic nitrogens is 1. The van der Waals surface area contributed by atoms with Crippen molar-refractivity contribution in [3.05, 3.63) is 70.8 Å². The van der Waals surface area contributed by atoms with Crippen LogP contribution in [0.1, 0.15) is 11.1 Å². The number of thioether (sulfide) groups is 1. The average molecular weight is 450 g/mol. The van der Waals surface area contributed by atoms with Crippen LogP contribution in [0.2, 0.25) is 0 Å². The van der Waals surface area contributed by atoms with E-state index < -0.39 is 0 Å². The van der Waals surface area contributed by atoms with E-state index in [1.807, 2.05) is 54.1 Å². The van der Waals surface area contributed by atoms with E-state index in [-0.39, 0.29) is 23.6 Å². The topological polar surface area (TPSA) is 80.6 Å². The summed E-state index contributed by atoms with van der Waals surface area (Å²) < 4.78 is 6.80. The molecule has 8 heteroatoms. The van der Waals surface area contributed by atoms with Crippen molar-refractivity contribution < 1.29 is 19.1 Å². The first kappa shape index (κ1) is 21.9. The lowest BCUT2D eigenvalue weighted by molar-refractivity contribution is -0.121. The zero-order valence-electron chi connectivity index (χ0n) is 17.8. The minimum Gasteiger partial charge on any atom is -0.383 e. The monoisotopic (exact) mass is 449 g/mol. The maximum atomic E-state index is 13.0. The second-order valence-electron chi connectivity index (χ2n) is 7.42. The van der Waals surface area contributed by atoms with Gasteiger partial charge in [0, 0.05) is 36.3 Å². The first-order valence-electron chi connectivity index (χ1n) is 10.2. The van der Waals surface area contributed by atoms with Gasteiger partial charge < -0.3 is 14.6 Å². The van der Waals surface area contributed by atoms with Gasteiger partial charge >= 0.3 is 0 Å². The van der Waals surface area contributed by atoms with Gasteiger partial charge in [-0.05, 0) is 43.0 Å². The van der Waals surface area contributed by atoms with Crippen LogP contribution in [0.5, 0.6) is 0 Å². The van der Waals surface area contributed by atoms with Gasteiger partial charge in [-0.3, -0.25) is 14.4 Å². The molecule has 1 aromatic heterocycles. The largest absolute Gasteiger partial charge is 0.383 e. The summed E-state index contributed by atoms with van der Waals surface area (Å²) in [6, 6.07) is 14.9. The number of amides is 3. The lowest BCUT2D eigenvalue weighted by Crippen LogP contribution is -2.30. The Morgan fingerprint density at radius 1 is 1.12 bits per heavy atom. The Morgan fingerprint density at radius 2 is 1.88 bits per heavy atom. The van der Waals surface area contributed by atoms with E-state index in [1.165, 1.54) is 4.90 Å². The normalized spacial score (nSPS) is 15.2. The molecule has 3 aromatic rings. The Kier molecular flexibility index (Phi) is 6.43. The Labute approximate surface area is 190 Å². The molecule has 0 radical (unpaired) electrons. The molecule has 1 aliphatic rings. The van der Waals surface area contributed by atoms with Gasteiger partial charge in [0.05, 0.1) is 17.2 Å². The van der Waals surface area contributed by atoms with Crippen LogP contribution in [0.4, 0.5) is 10.5 Å². The van der Waals surface area contributed by atoms with Crippen molar-refractivity contribution in [2.75, 3.05) is 25.2 Å². The minimum atomic E-state index is -0.349. The fraction of sp³-hybridized carbons (Fsp3) is 0.208. The smallest absolute Gasteiger partial charge is 0.298 e. The minimum absolute atomic E-state index is 0.131. The molecule has 0 bridgehead atoms. The van der Waals surface area contributed by atoms with E-state index in [1.54, 1.807) is 25.3 Å². The molecule has 1 saturated heterocycles. The van der Waals surface area contributed by atoms with E-state index in [9.17, 15) is 14.4 Å². The van der Waals surface area contributed by atoms with Crippen LogP contribution >= 0.6 is 11.8 Å². The Hall–Kier alpha value is -3.36. The summed E-state index contributed by atoms with van der Waals surface area (Å²) in [6.07, 6.45) is 3.56. The number of aryl methyl sites for hydroxylation is 1. The second-order valence-corrected chi connectivity index (χ2v) is 8.42. The number of nitrogens with zero attached hydrogens (tertiary/aromatic N) is 2. The van der Waals surface area contributed by atoms with Crippen molar-refractivity contribution in [1.29, 1.82) is 0 Å². The van der Waals surface area contributed by atoms with Crippen LogP contribution in [0.25, 0.3) is 17.0 Å². The van der Waals surface area contributed by atoms with Crippen LogP contribution < -0.4 is 10.2 Å². The zero-order valence-corrected chi connectivity index (χ0v) is 18.6. The number of methoxy groups -OCH3 is 1. The molecule has 2 aromatic carbocycles. The van der Waals surface area contributed by atoms with Crippen molar-refractivity contribution in [2.45, 2.75) is 13.5 Å². The van der Waals surface area contributed by atoms with Crippen LogP contribution in [-0.2, 0) is 20.9 Å². The third kappa shape index (κ3) is 4.46. The van der Waals surface area contributed by atoms with Crippen molar-refractivity contribution >= 4 is 51.5 Å². The molecule has 1 fully saturated rings. The highest BCUT2D eigenvalue weighted by atomic mass is 32.2. The summed E-state index contributed by atoms with van der Waals surface area (Å²) in [7, 11) is 1.58. The van der Waals surface area contributed by atoms with Crippen molar-refractivity contribution in [1.82, 2.24) is 9.88 Å². The SMILES string of the molecule is COCCNC(=O)Cn1cc(/C=C2\SC(=O)N(c3ccc(C)cc3)C2=O)c2ccccc21. The molecule has 4 rings (SSSR count). The molecule has 7 nitrogen and oxygen atoms in total. The molecule has 1 aliphatic heterocycles. The van der Waals surface area contributed by atoms with Gasteiger partial charge in [-0.2, -0.15) is 0 Å². The predicted molar refractivity (Wildman–Crippen MR) is 126 cm³/mol. The number of imide groups is 1. The van der Waals surface area contributed by atoms with Gasteiger partial charge in [0.1, 0.15) is 6.54 Å². The van der Waals surface area contributed by atoms with Gasteiger partial charge in [-0.1, -0.05) is 35.9 Å². The molecule has 0 spiro atoms. The van der Waals surface area contributed by atoms with Crippen LogP contribution in [0.3, 0.4) is 0 Å². The number of hydrogen-bond acceptors (Lipinski definition) is 5.